The van der Waals surface area contributed by atoms with E-state index in [1.54, 1.807) is 29.2 Å². The number of benzene rings is 2. The van der Waals surface area contributed by atoms with Crippen LogP contribution in [0, 0.1) is 0 Å². The predicted octanol–water partition coefficient (Wildman–Crippen LogP) is 1.56. The van der Waals surface area contributed by atoms with Crippen LogP contribution in [-0.2, 0) is 14.8 Å². The molecular weight excluding hydrogens is 378 g/mol. The Bertz CT molecular complexity index is 956. The summed E-state index contributed by atoms with van der Waals surface area (Å²) in [4.78, 5) is 17.0. The number of sulfonamides is 1. The molecule has 0 unspecified atom stereocenters. The highest BCUT2D eigenvalue weighted by molar-refractivity contribution is 7.92. The number of para-hydroxylation sites is 3. The molecule has 7 nitrogen and oxygen atoms in total. The van der Waals surface area contributed by atoms with E-state index in [9.17, 15) is 13.2 Å². The number of anilines is 2. The summed E-state index contributed by atoms with van der Waals surface area (Å²) < 4.78 is 31.6. The Morgan fingerprint density at radius 1 is 0.964 bits per heavy atom. The van der Waals surface area contributed by atoms with Crippen LogP contribution in [0.1, 0.15) is 0 Å². The number of amides is 1. The zero-order valence-electron chi connectivity index (χ0n) is 15.7. The van der Waals surface area contributed by atoms with Crippen LogP contribution >= 0.6 is 0 Å². The normalized spacial score (nSPS) is 19.8. The standard InChI is InChI=1S/C20H23N3O4S/c1-28(25,26)23-15-19(27-18-10-6-5-9-17(18)23)20(24)22-13-11-21(12-14-22)16-7-3-2-4-8-16/h2-10,19H,11-15H2,1H3/t19-/m0/s1. The third-order valence-electron chi connectivity index (χ3n) is 5.12. The maximum absolute atomic E-state index is 13.0. The molecule has 0 saturated carbocycles. The van der Waals surface area contributed by atoms with Crippen LogP contribution in [0.2, 0.25) is 0 Å². The molecule has 2 aromatic carbocycles. The fraction of sp³-hybridized carbons (Fsp3) is 0.350. The van der Waals surface area contributed by atoms with E-state index in [1.165, 1.54) is 4.31 Å². The topological polar surface area (TPSA) is 70.2 Å². The summed E-state index contributed by atoms with van der Waals surface area (Å²) in [7, 11) is -3.51. The molecule has 1 amide bonds. The lowest BCUT2D eigenvalue weighted by Gasteiger charge is -2.40. The van der Waals surface area contributed by atoms with Crippen molar-refractivity contribution in [1.29, 1.82) is 0 Å². The summed E-state index contributed by atoms with van der Waals surface area (Å²) in [5, 5.41) is 0. The molecule has 0 aromatic heterocycles. The third kappa shape index (κ3) is 3.64. The first-order chi connectivity index (χ1) is 13.4. The SMILES string of the molecule is CS(=O)(=O)N1C[C@@H](C(=O)N2CCN(c3ccccc3)CC2)Oc2ccccc21. The maximum Gasteiger partial charge on any atom is 0.265 e. The van der Waals surface area contributed by atoms with Crippen molar-refractivity contribution < 1.29 is 17.9 Å². The fourth-order valence-electron chi connectivity index (χ4n) is 3.67. The van der Waals surface area contributed by atoms with Gasteiger partial charge in [0.1, 0.15) is 5.75 Å². The van der Waals surface area contributed by atoms with Gasteiger partial charge in [0.2, 0.25) is 10.0 Å². The number of fused-ring (bicyclic) bond motifs is 1. The Balaban J connectivity index is 1.47. The summed E-state index contributed by atoms with van der Waals surface area (Å²) in [6.07, 6.45) is 0.308. The number of piperazine rings is 1. The molecule has 0 bridgehead atoms. The van der Waals surface area contributed by atoms with Gasteiger partial charge in [-0.1, -0.05) is 30.3 Å². The molecule has 0 spiro atoms. The van der Waals surface area contributed by atoms with Crippen molar-refractivity contribution in [3.63, 3.8) is 0 Å². The number of hydrogen-bond acceptors (Lipinski definition) is 5. The quantitative estimate of drug-likeness (QED) is 0.781. The Kier molecular flexibility index (Phi) is 4.89. The highest BCUT2D eigenvalue weighted by Crippen LogP contribution is 2.35. The molecule has 28 heavy (non-hydrogen) atoms. The van der Waals surface area contributed by atoms with E-state index >= 15 is 0 Å². The van der Waals surface area contributed by atoms with Gasteiger partial charge in [-0.2, -0.15) is 0 Å². The van der Waals surface area contributed by atoms with E-state index < -0.39 is 16.1 Å². The van der Waals surface area contributed by atoms with Gasteiger partial charge >= 0.3 is 0 Å². The number of hydrogen-bond donors (Lipinski definition) is 0. The van der Waals surface area contributed by atoms with Crippen molar-refractivity contribution in [3.05, 3.63) is 54.6 Å². The van der Waals surface area contributed by atoms with Crippen LogP contribution in [0.4, 0.5) is 11.4 Å². The summed E-state index contributed by atoms with van der Waals surface area (Å²) in [5.41, 5.74) is 1.61. The van der Waals surface area contributed by atoms with Crippen molar-refractivity contribution in [2.75, 3.05) is 48.2 Å². The summed E-state index contributed by atoms with van der Waals surface area (Å²) >= 11 is 0. The molecule has 2 aliphatic rings. The zero-order chi connectivity index (χ0) is 19.7. The highest BCUT2D eigenvalue weighted by Gasteiger charge is 2.37. The lowest BCUT2D eigenvalue weighted by molar-refractivity contribution is -0.138. The molecule has 8 heteroatoms. The van der Waals surface area contributed by atoms with Crippen molar-refractivity contribution in [1.82, 2.24) is 4.90 Å². The average Bonchev–Trinajstić information content (AvgIpc) is 2.72. The monoisotopic (exact) mass is 401 g/mol. The van der Waals surface area contributed by atoms with Crippen LogP contribution < -0.4 is 13.9 Å². The first kappa shape index (κ1) is 18.6. The van der Waals surface area contributed by atoms with Gasteiger partial charge in [0.25, 0.3) is 5.91 Å². The van der Waals surface area contributed by atoms with E-state index in [-0.39, 0.29) is 12.5 Å². The Hall–Kier alpha value is -2.74. The van der Waals surface area contributed by atoms with E-state index in [2.05, 4.69) is 17.0 Å². The van der Waals surface area contributed by atoms with Crippen LogP contribution in [0.3, 0.4) is 0 Å². The molecule has 2 aliphatic heterocycles. The summed E-state index contributed by atoms with van der Waals surface area (Å²) in [6, 6.07) is 17.0. The van der Waals surface area contributed by atoms with Gasteiger partial charge in [0, 0.05) is 31.9 Å². The minimum Gasteiger partial charge on any atom is -0.476 e. The molecule has 2 aromatic rings. The van der Waals surface area contributed by atoms with Crippen molar-refractivity contribution >= 4 is 27.3 Å². The summed E-state index contributed by atoms with van der Waals surface area (Å²) in [5.74, 6) is 0.247. The van der Waals surface area contributed by atoms with Gasteiger partial charge < -0.3 is 14.5 Å². The van der Waals surface area contributed by atoms with Gasteiger partial charge in [-0.05, 0) is 24.3 Å². The third-order valence-corrected chi connectivity index (χ3v) is 6.27. The lowest BCUT2D eigenvalue weighted by atomic mass is 10.2. The second-order valence-electron chi connectivity index (χ2n) is 7.02. The molecule has 0 aliphatic carbocycles. The van der Waals surface area contributed by atoms with E-state index in [0.717, 1.165) is 25.0 Å². The van der Waals surface area contributed by atoms with E-state index in [4.69, 9.17) is 4.74 Å². The molecule has 1 atom stereocenters. The summed E-state index contributed by atoms with van der Waals surface area (Å²) in [6.45, 7) is 2.61. The minimum atomic E-state index is -3.51. The number of carbonyl (C=O) groups is 1. The molecule has 1 fully saturated rings. The first-order valence-corrected chi connectivity index (χ1v) is 11.1. The second kappa shape index (κ2) is 7.35. The zero-order valence-corrected chi connectivity index (χ0v) is 16.5. The highest BCUT2D eigenvalue weighted by atomic mass is 32.2. The van der Waals surface area contributed by atoms with Crippen molar-refractivity contribution in [2.45, 2.75) is 6.10 Å². The van der Waals surface area contributed by atoms with Crippen LogP contribution in [0.25, 0.3) is 0 Å². The van der Waals surface area contributed by atoms with Crippen molar-refractivity contribution in [3.8, 4) is 5.75 Å². The van der Waals surface area contributed by atoms with Crippen LogP contribution in [0.5, 0.6) is 5.75 Å². The number of nitrogens with zero attached hydrogens (tertiary/aromatic N) is 3. The van der Waals surface area contributed by atoms with E-state index in [0.29, 0.717) is 24.5 Å². The predicted molar refractivity (Wildman–Crippen MR) is 108 cm³/mol. The van der Waals surface area contributed by atoms with Crippen LogP contribution in [-0.4, -0.2) is 64.3 Å². The molecule has 1 saturated heterocycles. The van der Waals surface area contributed by atoms with Gasteiger partial charge in [-0.15, -0.1) is 0 Å². The number of rotatable bonds is 3. The van der Waals surface area contributed by atoms with E-state index in [1.807, 2.05) is 18.2 Å². The lowest BCUT2D eigenvalue weighted by Crippen LogP contribution is -2.56. The molecule has 148 valence electrons. The largest absolute Gasteiger partial charge is 0.476 e. The first-order valence-electron chi connectivity index (χ1n) is 9.26. The van der Waals surface area contributed by atoms with Gasteiger partial charge in [-0.25, -0.2) is 8.42 Å². The maximum atomic E-state index is 13.0. The molecule has 0 N–H and O–H groups in total. The Labute approximate surface area is 165 Å². The number of ether oxygens (including phenoxy) is 1. The molecule has 4 rings (SSSR count). The second-order valence-corrected chi connectivity index (χ2v) is 8.92. The average molecular weight is 401 g/mol. The molecule has 0 radical (unpaired) electrons. The molecule has 2 heterocycles. The van der Waals surface area contributed by atoms with Crippen LogP contribution in [0.15, 0.2) is 54.6 Å². The van der Waals surface area contributed by atoms with Gasteiger partial charge in [0.05, 0.1) is 18.5 Å². The van der Waals surface area contributed by atoms with Gasteiger partial charge in [-0.3, -0.25) is 9.10 Å². The Morgan fingerprint density at radius 3 is 2.29 bits per heavy atom. The minimum absolute atomic E-state index is 0.00637. The van der Waals surface area contributed by atoms with Crippen molar-refractivity contribution in [2.24, 2.45) is 0 Å². The van der Waals surface area contributed by atoms with Gasteiger partial charge in [0.15, 0.2) is 6.10 Å². The number of carbonyl (C=O) groups excluding carboxylic acids is 1. The molecular formula is C20H23N3O4S. The Morgan fingerprint density at radius 2 is 1.61 bits per heavy atom. The fourth-order valence-corrected chi connectivity index (χ4v) is 4.59. The smallest absolute Gasteiger partial charge is 0.265 e.